The summed E-state index contributed by atoms with van der Waals surface area (Å²) in [5.41, 5.74) is 21.3. The molecule has 3 aromatic heterocycles. The highest BCUT2D eigenvalue weighted by atomic mass is 14.8. The van der Waals surface area contributed by atoms with Crippen LogP contribution in [0.2, 0.25) is 0 Å². The zero-order valence-corrected chi connectivity index (χ0v) is 37.9. The Bertz CT molecular complexity index is 3000. The van der Waals surface area contributed by atoms with Crippen LogP contribution in [0.1, 0.15) is 126 Å². The van der Waals surface area contributed by atoms with E-state index in [4.69, 9.17) is 19.9 Å². The Kier molecular flexibility index (Phi) is 10.8. The number of unbranched alkanes of at least 4 members (excludes halogenated alkanes) is 2. The van der Waals surface area contributed by atoms with Crippen molar-refractivity contribution in [1.29, 1.82) is 0 Å². The van der Waals surface area contributed by atoms with Crippen molar-refractivity contribution in [1.82, 2.24) is 19.9 Å². The minimum Gasteiger partial charge on any atom is -0.254 e. The van der Waals surface area contributed by atoms with Gasteiger partial charge >= 0.3 is 0 Å². The van der Waals surface area contributed by atoms with Crippen molar-refractivity contribution >= 4 is 43.9 Å². The minimum atomic E-state index is 0.372. The molecule has 4 unspecified atom stereocenters. The smallest absolute Gasteiger partial charge is 0.0996 e. The second kappa shape index (κ2) is 17.0. The molecule has 4 heteroatoms. The lowest BCUT2D eigenvalue weighted by Gasteiger charge is -2.22. The van der Waals surface area contributed by atoms with Gasteiger partial charge in [-0.1, -0.05) is 164 Å². The van der Waals surface area contributed by atoms with Gasteiger partial charge in [0.2, 0.25) is 0 Å². The summed E-state index contributed by atoms with van der Waals surface area (Å²) in [5.74, 6) is 2.13. The fourth-order valence-corrected chi connectivity index (χ4v) is 11.6. The van der Waals surface area contributed by atoms with Crippen LogP contribution in [0, 0.1) is 11.8 Å². The van der Waals surface area contributed by atoms with E-state index in [1.54, 1.807) is 0 Å². The third-order valence-corrected chi connectivity index (χ3v) is 15.1. The third-order valence-electron chi connectivity index (χ3n) is 15.1. The Hall–Kier alpha value is -6.26. The molecule has 0 amide bonds. The van der Waals surface area contributed by atoms with Crippen LogP contribution in [0.5, 0.6) is 0 Å². The zero-order chi connectivity index (χ0) is 43.3. The maximum Gasteiger partial charge on any atom is 0.0996 e. The fraction of sp³-hybridized carbons (Fsp3) is 0.300. The first-order chi connectivity index (χ1) is 31.6. The minimum absolute atomic E-state index is 0.372. The lowest BCUT2D eigenvalue weighted by molar-refractivity contribution is 0.404. The van der Waals surface area contributed by atoms with Crippen LogP contribution in [-0.2, 0) is 0 Å². The van der Waals surface area contributed by atoms with Crippen molar-refractivity contribution in [3.63, 3.8) is 0 Å². The van der Waals surface area contributed by atoms with E-state index >= 15 is 0 Å². The molecule has 2 aliphatic rings. The molecule has 0 saturated carbocycles. The highest BCUT2D eigenvalue weighted by Gasteiger charge is 2.33. The first kappa shape index (κ1) is 40.5. The average molecular weight is 835 g/mol. The Balaban J connectivity index is 1.12. The molecule has 9 aromatic rings. The fourth-order valence-electron chi connectivity index (χ4n) is 11.6. The van der Waals surface area contributed by atoms with Crippen LogP contribution in [0.4, 0.5) is 0 Å². The molecular weight excluding hydrogens is 777 g/mol. The molecule has 318 valence electrons. The van der Waals surface area contributed by atoms with Gasteiger partial charge in [-0.25, -0.2) is 9.97 Å². The highest BCUT2D eigenvalue weighted by molar-refractivity contribution is 6.22. The second-order valence-corrected chi connectivity index (χ2v) is 18.8. The summed E-state index contributed by atoms with van der Waals surface area (Å²) in [5, 5.41) is 1.95. The van der Waals surface area contributed by atoms with Crippen molar-refractivity contribution < 1.29 is 0 Å². The SMILES string of the molecule is CCCCC(CC)CC1c2ccccc2-c2ccc(-c3ccc(-c4ccc5c(c4)C(CC(CC)CCCC)c4ccccc4-5)c4nc5c6cccnc6c6ncccc6c5nc34)cc21. The quantitative estimate of drug-likeness (QED) is 0.0809. The summed E-state index contributed by atoms with van der Waals surface area (Å²) in [6.07, 6.45) is 16.1. The van der Waals surface area contributed by atoms with Gasteiger partial charge in [0.05, 0.1) is 33.1 Å². The van der Waals surface area contributed by atoms with Crippen LogP contribution in [0.25, 0.3) is 88.4 Å². The predicted molar refractivity (Wildman–Crippen MR) is 269 cm³/mol. The molecule has 0 fully saturated rings. The van der Waals surface area contributed by atoms with Gasteiger partial charge in [-0.2, -0.15) is 0 Å². The topological polar surface area (TPSA) is 51.6 Å². The van der Waals surface area contributed by atoms with Crippen LogP contribution >= 0.6 is 0 Å². The lowest BCUT2D eigenvalue weighted by atomic mass is 9.82. The monoisotopic (exact) mass is 834 g/mol. The predicted octanol–water partition coefficient (Wildman–Crippen LogP) is 16.7. The molecule has 11 rings (SSSR count). The van der Waals surface area contributed by atoms with E-state index in [1.807, 2.05) is 24.5 Å². The molecule has 64 heavy (non-hydrogen) atoms. The summed E-state index contributed by atoms with van der Waals surface area (Å²) < 4.78 is 0. The van der Waals surface area contributed by atoms with E-state index in [-0.39, 0.29) is 0 Å². The number of hydrogen-bond donors (Lipinski definition) is 0. The normalized spacial score (nSPS) is 16.0. The summed E-state index contributed by atoms with van der Waals surface area (Å²) >= 11 is 0. The van der Waals surface area contributed by atoms with Gasteiger partial charge in [0, 0.05) is 46.1 Å². The number of fused-ring (bicyclic) bond motifs is 13. The number of rotatable bonds is 14. The van der Waals surface area contributed by atoms with Gasteiger partial charge < -0.3 is 0 Å². The summed E-state index contributed by atoms with van der Waals surface area (Å²) in [6, 6.07) is 45.6. The maximum absolute atomic E-state index is 5.73. The van der Waals surface area contributed by atoms with Crippen molar-refractivity contribution in [3.05, 3.63) is 156 Å². The number of hydrogen-bond acceptors (Lipinski definition) is 4. The van der Waals surface area contributed by atoms with Gasteiger partial charge in [-0.15, -0.1) is 0 Å². The number of pyridine rings is 2. The van der Waals surface area contributed by atoms with Crippen molar-refractivity contribution in [3.8, 4) is 44.5 Å². The van der Waals surface area contributed by atoms with E-state index in [2.05, 4.69) is 137 Å². The van der Waals surface area contributed by atoms with Crippen molar-refractivity contribution in [2.75, 3.05) is 0 Å². The number of benzene rings is 6. The maximum atomic E-state index is 5.73. The molecule has 4 atom stereocenters. The molecule has 2 aliphatic carbocycles. The Labute approximate surface area is 378 Å². The van der Waals surface area contributed by atoms with E-state index in [9.17, 15) is 0 Å². The molecule has 3 heterocycles. The average Bonchev–Trinajstić information content (AvgIpc) is 3.83. The summed E-state index contributed by atoms with van der Waals surface area (Å²) in [6.45, 7) is 9.39. The van der Waals surface area contributed by atoms with Gasteiger partial charge in [-0.05, 0) is 117 Å². The summed E-state index contributed by atoms with van der Waals surface area (Å²) in [7, 11) is 0. The zero-order valence-electron chi connectivity index (χ0n) is 37.9. The molecule has 0 aliphatic heterocycles. The van der Waals surface area contributed by atoms with Crippen molar-refractivity contribution in [2.24, 2.45) is 11.8 Å². The molecule has 6 aromatic carbocycles. The van der Waals surface area contributed by atoms with Gasteiger partial charge in [0.1, 0.15) is 0 Å². The largest absolute Gasteiger partial charge is 0.254 e. The van der Waals surface area contributed by atoms with Gasteiger partial charge in [0.25, 0.3) is 0 Å². The van der Waals surface area contributed by atoms with Gasteiger partial charge in [0.15, 0.2) is 0 Å². The van der Waals surface area contributed by atoms with Crippen LogP contribution in [-0.4, -0.2) is 19.9 Å². The van der Waals surface area contributed by atoms with E-state index < -0.39 is 0 Å². The molecule has 4 nitrogen and oxygen atoms in total. The van der Waals surface area contributed by atoms with E-state index in [0.717, 1.165) is 55.0 Å². The molecule has 0 radical (unpaired) electrons. The molecule has 0 spiro atoms. The molecular formula is C60H58N4. The Morgan fingerprint density at radius 1 is 0.406 bits per heavy atom. The van der Waals surface area contributed by atoms with E-state index in [1.165, 1.54) is 120 Å². The molecule has 0 saturated heterocycles. The first-order valence-electron chi connectivity index (χ1n) is 24.3. The third kappa shape index (κ3) is 6.80. The second-order valence-electron chi connectivity index (χ2n) is 18.8. The van der Waals surface area contributed by atoms with Crippen molar-refractivity contribution in [2.45, 2.75) is 104 Å². The van der Waals surface area contributed by atoms with Crippen LogP contribution in [0.3, 0.4) is 0 Å². The van der Waals surface area contributed by atoms with Crippen LogP contribution < -0.4 is 0 Å². The Morgan fingerprint density at radius 3 is 1.27 bits per heavy atom. The van der Waals surface area contributed by atoms with Gasteiger partial charge in [-0.3, -0.25) is 9.97 Å². The highest BCUT2D eigenvalue weighted by Crippen LogP contribution is 2.52. The lowest BCUT2D eigenvalue weighted by Crippen LogP contribution is -2.07. The Morgan fingerprint density at radius 2 is 0.828 bits per heavy atom. The number of aromatic nitrogens is 4. The van der Waals surface area contributed by atoms with E-state index in [0.29, 0.717) is 23.7 Å². The first-order valence-corrected chi connectivity index (χ1v) is 24.3. The molecule has 0 bridgehead atoms. The standard InChI is InChI=1S/C60H58N4/c1-5-9-17-37(7-3)33-51-45-21-13-11-19-43(45)47-27-25-39(35-53(47)51)41-29-30-42(58-57(41)63-59-49-23-15-31-61-55(49)56-50(60(59)64-58)24-16-32-62-56)40-26-28-48-44-20-12-14-22-46(44)52(54(48)36-40)34-38(8-4)18-10-6-2/h11-16,19-32,35-38,51-52H,5-10,17-18,33-34H2,1-4H3. The number of nitrogens with zero attached hydrogens (tertiary/aromatic N) is 4. The summed E-state index contributed by atoms with van der Waals surface area (Å²) in [4.78, 5) is 21.2. The molecule has 0 N–H and O–H groups in total. The van der Waals surface area contributed by atoms with Crippen LogP contribution in [0.15, 0.2) is 134 Å².